The molecule has 2 N–H and O–H groups in total. The van der Waals surface area contributed by atoms with Gasteiger partial charge >= 0.3 is 0 Å². The van der Waals surface area contributed by atoms with Crippen LogP contribution >= 0.6 is 0 Å². The summed E-state index contributed by atoms with van der Waals surface area (Å²) in [7, 11) is 0. The predicted molar refractivity (Wildman–Crippen MR) is 83.9 cm³/mol. The number of amides is 1. The van der Waals surface area contributed by atoms with Gasteiger partial charge in [-0.05, 0) is 30.5 Å². The lowest BCUT2D eigenvalue weighted by Crippen LogP contribution is -2.38. The van der Waals surface area contributed by atoms with E-state index in [0.29, 0.717) is 19.1 Å². The van der Waals surface area contributed by atoms with Crippen molar-refractivity contribution in [1.82, 2.24) is 10.6 Å². The minimum absolute atomic E-state index is 0.0434. The fourth-order valence-corrected chi connectivity index (χ4v) is 3.03. The van der Waals surface area contributed by atoms with Crippen LogP contribution in [0.1, 0.15) is 44.1 Å². The summed E-state index contributed by atoms with van der Waals surface area (Å²) in [5, 5.41) is 6.33. The lowest BCUT2D eigenvalue weighted by Gasteiger charge is -2.15. The first kappa shape index (κ1) is 15.2. The second kappa shape index (κ2) is 7.49. The van der Waals surface area contributed by atoms with Crippen molar-refractivity contribution in [1.29, 1.82) is 0 Å². The first-order valence-corrected chi connectivity index (χ1v) is 8.20. The van der Waals surface area contributed by atoms with Gasteiger partial charge < -0.3 is 20.1 Å². The van der Waals surface area contributed by atoms with Crippen LogP contribution in [-0.2, 0) is 11.3 Å². The molecule has 0 atom stereocenters. The molecule has 5 nitrogen and oxygen atoms in total. The molecule has 0 aromatic heterocycles. The van der Waals surface area contributed by atoms with E-state index in [4.69, 9.17) is 9.47 Å². The molecule has 0 saturated heterocycles. The van der Waals surface area contributed by atoms with Crippen LogP contribution in [0.2, 0.25) is 0 Å². The van der Waals surface area contributed by atoms with E-state index in [0.717, 1.165) is 17.1 Å². The van der Waals surface area contributed by atoms with Gasteiger partial charge in [0.05, 0.1) is 6.54 Å². The molecule has 120 valence electrons. The largest absolute Gasteiger partial charge is 0.454 e. The number of benzene rings is 1. The summed E-state index contributed by atoms with van der Waals surface area (Å²) < 4.78 is 10.6. The van der Waals surface area contributed by atoms with E-state index in [2.05, 4.69) is 10.6 Å². The number of hydrogen-bond acceptors (Lipinski definition) is 4. The summed E-state index contributed by atoms with van der Waals surface area (Å²) in [6.07, 6.45) is 7.58. The first-order chi connectivity index (χ1) is 10.8. The molecule has 1 aliphatic carbocycles. The van der Waals surface area contributed by atoms with Gasteiger partial charge in [-0.25, -0.2) is 0 Å². The van der Waals surface area contributed by atoms with Crippen molar-refractivity contribution >= 4 is 5.91 Å². The number of carbonyl (C=O) groups excluding carboxylic acids is 1. The van der Waals surface area contributed by atoms with Crippen molar-refractivity contribution < 1.29 is 14.3 Å². The van der Waals surface area contributed by atoms with Crippen LogP contribution in [0, 0.1) is 0 Å². The zero-order valence-electron chi connectivity index (χ0n) is 12.9. The number of hydrogen-bond donors (Lipinski definition) is 2. The van der Waals surface area contributed by atoms with Gasteiger partial charge in [-0.1, -0.05) is 31.7 Å². The Kier molecular flexibility index (Phi) is 5.16. The molecule has 2 aliphatic rings. The standard InChI is InChI=1S/C17H24N2O3/c20-17(11-18-14-5-3-1-2-4-6-14)19-10-13-7-8-15-16(9-13)22-12-21-15/h7-9,14,18H,1-6,10-12H2,(H,19,20). The molecule has 5 heteroatoms. The molecule has 1 saturated carbocycles. The monoisotopic (exact) mass is 304 g/mol. The zero-order valence-corrected chi connectivity index (χ0v) is 12.9. The quantitative estimate of drug-likeness (QED) is 0.820. The van der Waals surface area contributed by atoms with E-state index in [1.165, 1.54) is 38.5 Å². The smallest absolute Gasteiger partial charge is 0.234 e. The van der Waals surface area contributed by atoms with Gasteiger partial charge in [0.25, 0.3) is 0 Å². The highest BCUT2D eigenvalue weighted by molar-refractivity contribution is 5.78. The van der Waals surface area contributed by atoms with Gasteiger partial charge in [0.1, 0.15) is 0 Å². The third kappa shape index (κ3) is 4.13. The molecule has 1 aromatic rings. The van der Waals surface area contributed by atoms with Crippen molar-refractivity contribution in [3.63, 3.8) is 0 Å². The minimum atomic E-state index is 0.0434. The first-order valence-electron chi connectivity index (χ1n) is 8.20. The summed E-state index contributed by atoms with van der Waals surface area (Å²) >= 11 is 0. The van der Waals surface area contributed by atoms with Crippen molar-refractivity contribution in [3.8, 4) is 11.5 Å². The fraction of sp³-hybridized carbons (Fsp3) is 0.588. The highest BCUT2D eigenvalue weighted by Crippen LogP contribution is 2.32. The Hall–Kier alpha value is -1.75. The molecule has 1 aromatic carbocycles. The maximum absolute atomic E-state index is 11.9. The summed E-state index contributed by atoms with van der Waals surface area (Å²) in [5.74, 6) is 1.57. The Morgan fingerprint density at radius 2 is 1.86 bits per heavy atom. The van der Waals surface area contributed by atoms with Crippen LogP contribution < -0.4 is 20.1 Å². The van der Waals surface area contributed by atoms with Gasteiger partial charge in [-0.15, -0.1) is 0 Å². The van der Waals surface area contributed by atoms with E-state index < -0.39 is 0 Å². The lowest BCUT2D eigenvalue weighted by molar-refractivity contribution is -0.120. The van der Waals surface area contributed by atoms with Crippen LogP contribution in [0.3, 0.4) is 0 Å². The molecule has 3 rings (SSSR count). The summed E-state index contributed by atoms with van der Waals surface area (Å²) in [5.41, 5.74) is 1.02. The van der Waals surface area contributed by atoms with Crippen LogP contribution in [0.5, 0.6) is 11.5 Å². The summed E-state index contributed by atoms with van der Waals surface area (Å²) in [4.78, 5) is 11.9. The Morgan fingerprint density at radius 1 is 1.09 bits per heavy atom. The van der Waals surface area contributed by atoms with Gasteiger partial charge in [0.2, 0.25) is 12.7 Å². The fourth-order valence-electron chi connectivity index (χ4n) is 3.03. The molecule has 1 amide bonds. The van der Waals surface area contributed by atoms with E-state index in [1.807, 2.05) is 18.2 Å². The second-order valence-corrected chi connectivity index (χ2v) is 6.03. The van der Waals surface area contributed by atoms with E-state index >= 15 is 0 Å². The highest BCUT2D eigenvalue weighted by Gasteiger charge is 2.14. The average molecular weight is 304 g/mol. The molecule has 1 fully saturated rings. The average Bonchev–Trinajstić information content (AvgIpc) is 2.84. The van der Waals surface area contributed by atoms with Crippen LogP contribution in [0.15, 0.2) is 18.2 Å². The Morgan fingerprint density at radius 3 is 2.68 bits per heavy atom. The van der Waals surface area contributed by atoms with E-state index in [9.17, 15) is 4.79 Å². The number of fused-ring (bicyclic) bond motifs is 1. The summed E-state index contributed by atoms with van der Waals surface area (Å²) in [6.45, 7) is 1.19. The normalized spacial score (nSPS) is 18.0. The van der Waals surface area contributed by atoms with Crippen molar-refractivity contribution in [2.45, 2.75) is 51.1 Å². The number of rotatable bonds is 5. The maximum atomic E-state index is 11.9. The lowest BCUT2D eigenvalue weighted by atomic mass is 10.1. The van der Waals surface area contributed by atoms with Gasteiger partial charge in [0, 0.05) is 12.6 Å². The van der Waals surface area contributed by atoms with Crippen molar-refractivity contribution in [3.05, 3.63) is 23.8 Å². The third-order valence-corrected chi connectivity index (χ3v) is 4.33. The van der Waals surface area contributed by atoms with Crippen LogP contribution in [0.4, 0.5) is 0 Å². The van der Waals surface area contributed by atoms with Crippen molar-refractivity contribution in [2.75, 3.05) is 13.3 Å². The molecule has 0 bridgehead atoms. The Bertz CT molecular complexity index is 511. The molecule has 1 aliphatic heterocycles. The molecule has 0 unspecified atom stereocenters. The van der Waals surface area contributed by atoms with Crippen LogP contribution in [0.25, 0.3) is 0 Å². The van der Waals surface area contributed by atoms with Gasteiger partial charge in [-0.3, -0.25) is 4.79 Å². The number of nitrogens with one attached hydrogen (secondary N) is 2. The third-order valence-electron chi connectivity index (χ3n) is 4.33. The molecule has 22 heavy (non-hydrogen) atoms. The Balaban J connectivity index is 1.40. The van der Waals surface area contributed by atoms with Gasteiger partial charge in [0.15, 0.2) is 11.5 Å². The van der Waals surface area contributed by atoms with E-state index in [-0.39, 0.29) is 12.7 Å². The molecular formula is C17H24N2O3. The molecule has 0 radical (unpaired) electrons. The van der Waals surface area contributed by atoms with E-state index in [1.54, 1.807) is 0 Å². The minimum Gasteiger partial charge on any atom is -0.454 e. The highest BCUT2D eigenvalue weighted by atomic mass is 16.7. The maximum Gasteiger partial charge on any atom is 0.234 e. The SMILES string of the molecule is O=C(CNC1CCCCCC1)NCc1ccc2c(c1)OCO2. The number of ether oxygens (including phenoxy) is 2. The molecule has 1 heterocycles. The van der Waals surface area contributed by atoms with Gasteiger partial charge in [-0.2, -0.15) is 0 Å². The second-order valence-electron chi connectivity index (χ2n) is 6.03. The summed E-state index contributed by atoms with van der Waals surface area (Å²) in [6, 6.07) is 6.25. The van der Waals surface area contributed by atoms with Crippen molar-refractivity contribution in [2.24, 2.45) is 0 Å². The molecular weight excluding hydrogens is 280 g/mol. The predicted octanol–water partition coefficient (Wildman–Crippen LogP) is 2.34. The molecule has 0 spiro atoms. The zero-order chi connectivity index (χ0) is 15.2. The topological polar surface area (TPSA) is 59.6 Å². The number of carbonyl (C=O) groups is 1. The Labute approximate surface area is 131 Å². The van der Waals surface area contributed by atoms with Crippen LogP contribution in [-0.4, -0.2) is 25.3 Å².